The molecule has 0 saturated heterocycles. The molecule has 2 unspecified atom stereocenters. The number of nitrogens with one attached hydrogen (secondary N) is 1. The van der Waals surface area contributed by atoms with Crippen molar-refractivity contribution in [3.05, 3.63) is 65.7 Å². The number of benzene rings is 2. The van der Waals surface area contributed by atoms with Gasteiger partial charge in [-0.15, -0.1) is 0 Å². The Morgan fingerprint density at radius 3 is 2.38 bits per heavy atom. The number of aliphatic carboxylic acids is 1. The van der Waals surface area contributed by atoms with Crippen molar-refractivity contribution in [2.75, 3.05) is 7.11 Å². The summed E-state index contributed by atoms with van der Waals surface area (Å²) in [7, 11) is 1.61. The third-order valence-electron chi connectivity index (χ3n) is 4.35. The van der Waals surface area contributed by atoms with Crippen molar-refractivity contribution >= 4 is 11.9 Å². The number of methoxy groups -OCH3 is 1. The molecule has 0 radical (unpaired) electrons. The molecule has 0 spiro atoms. The lowest BCUT2D eigenvalue weighted by Gasteiger charge is -2.21. The number of carbonyl (C=O) groups is 2. The number of amides is 1. The zero-order chi connectivity index (χ0) is 18.9. The summed E-state index contributed by atoms with van der Waals surface area (Å²) in [6.07, 6.45) is 0.660. The van der Waals surface area contributed by atoms with E-state index >= 15 is 0 Å². The molecule has 0 aliphatic rings. The highest BCUT2D eigenvalue weighted by molar-refractivity contribution is 5.77. The molecule has 2 rings (SSSR count). The lowest BCUT2D eigenvalue weighted by atomic mass is 9.95. The van der Waals surface area contributed by atoms with Crippen LogP contribution in [0.2, 0.25) is 0 Å². The fourth-order valence-corrected chi connectivity index (χ4v) is 2.99. The lowest BCUT2D eigenvalue weighted by molar-refractivity contribution is -0.137. The van der Waals surface area contributed by atoms with Crippen LogP contribution in [0.5, 0.6) is 5.75 Å². The van der Waals surface area contributed by atoms with E-state index in [9.17, 15) is 9.59 Å². The maximum absolute atomic E-state index is 12.6. The number of carboxylic acid groups (broad SMARTS) is 1. The molecule has 0 heterocycles. The summed E-state index contributed by atoms with van der Waals surface area (Å²) in [5.74, 6) is -0.231. The van der Waals surface area contributed by atoms with Crippen LogP contribution in [0.4, 0.5) is 0 Å². The zero-order valence-electron chi connectivity index (χ0n) is 15.1. The van der Waals surface area contributed by atoms with Crippen molar-refractivity contribution in [2.24, 2.45) is 0 Å². The van der Waals surface area contributed by atoms with Gasteiger partial charge in [-0.3, -0.25) is 9.59 Å². The van der Waals surface area contributed by atoms with E-state index in [1.807, 2.05) is 61.5 Å². The second-order valence-corrected chi connectivity index (χ2v) is 6.31. The normalized spacial score (nSPS) is 12.8. The van der Waals surface area contributed by atoms with E-state index in [1.165, 1.54) is 0 Å². The third kappa shape index (κ3) is 5.62. The molecule has 1 amide bonds. The summed E-state index contributed by atoms with van der Waals surface area (Å²) in [5.41, 5.74) is 1.89. The molecule has 0 aliphatic carbocycles. The molecule has 5 nitrogen and oxygen atoms in total. The fourth-order valence-electron chi connectivity index (χ4n) is 2.99. The summed E-state index contributed by atoms with van der Waals surface area (Å²) >= 11 is 0. The first-order valence-electron chi connectivity index (χ1n) is 8.70. The number of ether oxygens (including phenoxy) is 1. The summed E-state index contributed by atoms with van der Waals surface area (Å²) in [6, 6.07) is 16.8. The monoisotopic (exact) mass is 355 g/mol. The van der Waals surface area contributed by atoms with Crippen molar-refractivity contribution in [2.45, 2.75) is 38.1 Å². The topological polar surface area (TPSA) is 75.6 Å². The van der Waals surface area contributed by atoms with Crippen LogP contribution in [-0.2, 0) is 9.59 Å². The van der Waals surface area contributed by atoms with Crippen LogP contribution in [0.3, 0.4) is 0 Å². The molecule has 0 bridgehead atoms. The van der Waals surface area contributed by atoms with Crippen LogP contribution >= 0.6 is 0 Å². The molecule has 138 valence electrons. The molecule has 0 aromatic heterocycles. The first-order valence-corrected chi connectivity index (χ1v) is 8.70. The highest BCUT2D eigenvalue weighted by Crippen LogP contribution is 2.28. The van der Waals surface area contributed by atoms with Crippen molar-refractivity contribution in [3.8, 4) is 5.75 Å². The molecule has 2 N–H and O–H groups in total. The number of para-hydroxylation sites is 1. The van der Waals surface area contributed by atoms with Gasteiger partial charge >= 0.3 is 5.97 Å². The zero-order valence-corrected chi connectivity index (χ0v) is 15.1. The van der Waals surface area contributed by atoms with Crippen molar-refractivity contribution in [1.29, 1.82) is 0 Å². The van der Waals surface area contributed by atoms with Gasteiger partial charge in [0.1, 0.15) is 5.75 Å². The number of carboxylic acids is 1. The van der Waals surface area contributed by atoms with Gasteiger partial charge in [0.2, 0.25) is 5.91 Å². The minimum atomic E-state index is -0.873. The summed E-state index contributed by atoms with van der Waals surface area (Å²) in [6.45, 7) is 1.98. The molecule has 5 heteroatoms. The molecule has 26 heavy (non-hydrogen) atoms. The van der Waals surface area contributed by atoms with Gasteiger partial charge in [-0.2, -0.15) is 0 Å². The highest BCUT2D eigenvalue weighted by atomic mass is 16.5. The van der Waals surface area contributed by atoms with Gasteiger partial charge in [-0.25, -0.2) is 0 Å². The summed E-state index contributed by atoms with van der Waals surface area (Å²) in [5, 5.41) is 12.0. The molecular weight excluding hydrogens is 330 g/mol. The molecule has 2 aromatic carbocycles. The number of carbonyl (C=O) groups excluding carboxylic acids is 1. The Morgan fingerprint density at radius 2 is 1.73 bits per heavy atom. The van der Waals surface area contributed by atoms with E-state index in [2.05, 4.69) is 5.32 Å². The first kappa shape index (κ1) is 19.5. The molecule has 2 aromatic rings. The third-order valence-corrected chi connectivity index (χ3v) is 4.35. The van der Waals surface area contributed by atoms with Crippen LogP contribution in [0, 0.1) is 0 Å². The van der Waals surface area contributed by atoms with Crippen LogP contribution in [0.25, 0.3) is 0 Å². The minimum absolute atomic E-state index is 0.00189. The van der Waals surface area contributed by atoms with Crippen molar-refractivity contribution < 1.29 is 19.4 Å². The minimum Gasteiger partial charge on any atom is -0.496 e. The standard InChI is InChI=1S/C21H25NO4/c1-15(17-10-6-7-11-19(17)26-2)14-20(23)22-18(12-13-21(24)25)16-8-4-3-5-9-16/h3-11,15,18H,12-14H2,1-2H3,(H,22,23)(H,24,25). The van der Waals surface area contributed by atoms with Crippen molar-refractivity contribution in [3.63, 3.8) is 0 Å². The largest absolute Gasteiger partial charge is 0.496 e. The van der Waals surface area contributed by atoms with Crippen molar-refractivity contribution in [1.82, 2.24) is 5.32 Å². The van der Waals surface area contributed by atoms with Crippen LogP contribution in [0.15, 0.2) is 54.6 Å². The Hall–Kier alpha value is -2.82. The van der Waals surface area contributed by atoms with Gasteiger partial charge in [-0.1, -0.05) is 55.5 Å². The Kier molecular flexibility index (Phi) is 7.21. The van der Waals surface area contributed by atoms with Crippen LogP contribution < -0.4 is 10.1 Å². The SMILES string of the molecule is COc1ccccc1C(C)CC(=O)NC(CCC(=O)O)c1ccccc1. The number of hydrogen-bond donors (Lipinski definition) is 2. The van der Waals surface area contributed by atoms with Gasteiger partial charge < -0.3 is 15.2 Å². The molecule has 0 aliphatic heterocycles. The maximum atomic E-state index is 12.6. The molecular formula is C21H25NO4. The van der Waals surface area contributed by atoms with E-state index in [0.717, 1.165) is 16.9 Å². The van der Waals surface area contributed by atoms with Gasteiger partial charge in [0.15, 0.2) is 0 Å². The molecule has 2 atom stereocenters. The van der Waals surface area contributed by atoms with E-state index in [1.54, 1.807) is 7.11 Å². The number of rotatable bonds is 9. The first-order chi connectivity index (χ1) is 12.5. The summed E-state index contributed by atoms with van der Waals surface area (Å²) in [4.78, 5) is 23.5. The predicted octanol–water partition coefficient (Wildman–Crippen LogP) is 3.91. The van der Waals surface area contributed by atoms with E-state index in [-0.39, 0.29) is 24.3 Å². The maximum Gasteiger partial charge on any atom is 0.303 e. The number of hydrogen-bond acceptors (Lipinski definition) is 3. The smallest absolute Gasteiger partial charge is 0.303 e. The van der Waals surface area contributed by atoms with Gasteiger partial charge in [0, 0.05) is 12.8 Å². The Morgan fingerprint density at radius 1 is 1.08 bits per heavy atom. The second-order valence-electron chi connectivity index (χ2n) is 6.31. The van der Waals surface area contributed by atoms with Gasteiger partial charge in [-0.05, 0) is 29.5 Å². The lowest BCUT2D eigenvalue weighted by Crippen LogP contribution is -2.29. The Balaban J connectivity index is 2.05. The highest BCUT2D eigenvalue weighted by Gasteiger charge is 2.19. The van der Waals surface area contributed by atoms with Gasteiger partial charge in [0.25, 0.3) is 0 Å². The van der Waals surface area contributed by atoms with E-state index < -0.39 is 5.97 Å². The summed E-state index contributed by atoms with van der Waals surface area (Å²) < 4.78 is 5.37. The quantitative estimate of drug-likeness (QED) is 0.715. The van der Waals surface area contributed by atoms with E-state index in [4.69, 9.17) is 9.84 Å². The second kappa shape index (κ2) is 9.61. The average molecular weight is 355 g/mol. The van der Waals surface area contributed by atoms with E-state index in [0.29, 0.717) is 12.8 Å². The molecule has 0 saturated carbocycles. The predicted molar refractivity (Wildman–Crippen MR) is 100 cm³/mol. The van der Waals surface area contributed by atoms with Gasteiger partial charge in [0.05, 0.1) is 13.2 Å². The Labute approximate surface area is 154 Å². The fraction of sp³-hybridized carbons (Fsp3) is 0.333. The Bertz CT molecular complexity index is 730. The average Bonchev–Trinajstić information content (AvgIpc) is 2.65. The molecule has 0 fully saturated rings. The van der Waals surface area contributed by atoms with Crippen LogP contribution in [-0.4, -0.2) is 24.1 Å². The van der Waals surface area contributed by atoms with Crippen LogP contribution in [0.1, 0.15) is 49.3 Å².